The lowest BCUT2D eigenvalue weighted by Crippen LogP contribution is -2.38. The van der Waals surface area contributed by atoms with Crippen LogP contribution in [-0.4, -0.2) is 24.2 Å². The molecule has 0 saturated heterocycles. The molecule has 2 rings (SSSR count). The molecule has 1 amide bonds. The molecule has 23 heavy (non-hydrogen) atoms. The van der Waals surface area contributed by atoms with E-state index in [-0.39, 0.29) is 12.5 Å². The van der Waals surface area contributed by atoms with Crippen LogP contribution in [0.25, 0.3) is 0 Å². The van der Waals surface area contributed by atoms with Crippen LogP contribution in [0, 0.1) is 0 Å². The van der Waals surface area contributed by atoms with Crippen molar-refractivity contribution in [2.45, 2.75) is 32.3 Å². The minimum atomic E-state index is -1.25. The van der Waals surface area contributed by atoms with Crippen LogP contribution >= 0.6 is 0 Å². The summed E-state index contributed by atoms with van der Waals surface area (Å²) in [6, 6.07) is 10.3. The Balaban J connectivity index is 1.88. The average Bonchev–Trinajstić information content (AvgIpc) is 3.09. The maximum atomic E-state index is 12.1. The molecular weight excluding hydrogens is 294 g/mol. The second kappa shape index (κ2) is 7.83. The molecular formula is C18H23NO4. The van der Waals surface area contributed by atoms with Crippen LogP contribution < -0.4 is 10.1 Å². The molecule has 0 saturated carbocycles. The van der Waals surface area contributed by atoms with Crippen molar-refractivity contribution in [3.63, 3.8) is 0 Å². The SMILES string of the molecule is CCCCOc1ccc(C(=O)NCC(C)(O)c2ccco2)cc1. The zero-order chi connectivity index (χ0) is 16.7. The molecule has 1 aromatic carbocycles. The van der Waals surface area contributed by atoms with Crippen molar-refractivity contribution in [3.05, 3.63) is 54.0 Å². The minimum absolute atomic E-state index is 0.0636. The number of hydrogen-bond donors (Lipinski definition) is 2. The summed E-state index contributed by atoms with van der Waals surface area (Å²) in [6.07, 6.45) is 3.57. The van der Waals surface area contributed by atoms with Crippen LogP contribution in [0.2, 0.25) is 0 Å². The van der Waals surface area contributed by atoms with Gasteiger partial charge >= 0.3 is 0 Å². The normalized spacial score (nSPS) is 13.3. The third kappa shape index (κ3) is 4.86. The Morgan fingerprint density at radius 2 is 2.04 bits per heavy atom. The molecule has 0 aliphatic heterocycles. The highest BCUT2D eigenvalue weighted by molar-refractivity contribution is 5.94. The number of unbranched alkanes of at least 4 members (excludes halogenated alkanes) is 1. The summed E-state index contributed by atoms with van der Waals surface area (Å²) in [5, 5.41) is 13.0. The molecule has 0 aliphatic carbocycles. The molecule has 5 heteroatoms. The highest BCUT2D eigenvalue weighted by atomic mass is 16.5. The Hall–Kier alpha value is -2.27. The number of carbonyl (C=O) groups is 1. The van der Waals surface area contributed by atoms with Crippen LogP contribution in [0.4, 0.5) is 0 Å². The van der Waals surface area contributed by atoms with E-state index in [1.165, 1.54) is 6.26 Å². The summed E-state index contributed by atoms with van der Waals surface area (Å²) in [4.78, 5) is 12.1. The van der Waals surface area contributed by atoms with Gasteiger partial charge in [-0.2, -0.15) is 0 Å². The van der Waals surface area contributed by atoms with Crippen LogP contribution in [0.1, 0.15) is 42.8 Å². The third-order valence-corrected chi connectivity index (χ3v) is 3.53. The van der Waals surface area contributed by atoms with Gasteiger partial charge in [0.2, 0.25) is 0 Å². The molecule has 0 aliphatic rings. The summed E-state index contributed by atoms with van der Waals surface area (Å²) < 4.78 is 10.7. The van der Waals surface area contributed by atoms with Crippen molar-refractivity contribution >= 4 is 5.91 Å². The van der Waals surface area contributed by atoms with Gasteiger partial charge in [0.25, 0.3) is 5.91 Å². The number of hydrogen-bond acceptors (Lipinski definition) is 4. The molecule has 0 bridgehead atoms. The van der Waals surface area contributed by atoms with E-state index < -0.39 is 5.60 Å². The van der Waals surface area contributed by atoms with Crippen LogP contribution in [-0.2, 0) is 5.60 Å². The Labute approximate surface area is 136 Å². The van der Waals surface area contributed by atoms with Gasteiger partial charge in [-0.1, -0.05) is 13.3 Å². The van der Waals surface area contributed by atoms with E-state index in [2.05, 4.69) is 12.2 Å². The van der Waals surface area contributed by atoms with E-state index in [0.717, 1.165) is 18.6 Å². The maximum Gasteiger partial charge on any atom is 0.251 e. The number of ether oxygens (including phenoxy) is 1. The highest BCUT2D eigenvalue weighted by Crippen LogP contribution is 2.20. The number of benzene rings is 1. The molecule has 0 spiro atoms. The van der Waals surface area contributed by atoms with Gasteiger partial charge in [0.15, 0.2) is 0 Å². The average molecular weight is 317 g/mol. The molecule has 2 aromatic rings. The Morgan fingerprint density at radius 3 is 2.65 bits per heavy atom. The summed E-state index contributed by atoms with van der Waals surface area (Å²) in [6.45, 7) is 4.44. The molecule has 5 nitrogen and oxygen atoms in total. The topological polar surface area (TPSA) is 71.7 Å². The molecule has 1 aromatic heterocycles. The second-order valence-electron chi connectivity index (χ2n) is 5.66. The van der Waals surface area contributed by atoms with Crippen molar-refractivity contribution in [1.29, 1.82) is 0 Å². The lowest BCUT2D eigenvalue weighted by molar-refractivity contribution is 0.0330. The number of amides is 1. The number of carbonyl (C=O) groups excluding carboxylic acids is 1. The third-order valence-electron chi connectivity index (χ3n) is 3.53. The van der Waals surface area contributed by atoms with Gasteiger partial charge in [-0.15, -0.1) is 0 Å². The zero-order valence-corrected chi connectivity index (χ0v) is 13.5. The van der Waals surface area contributed by atoms with Gasteiger partial charge in [0.1, 0.15) is 17.1 Å². The smallest absolute Gasteiger partial charge is 0.251 e. The van der Waals surface area contributed by atoms with Gasteiger partial charge in [0, 0.05) is 5.56 Å². The first-order chi connectivity index (χ1) is 11.0. The summed E-state index contributed by atoms with van der Waals surface area (Å²) in [5.74, 6) is 0.909. The first-order valence-corrected chi connectivity index (χ1v) is 7.80. The van der Waals surface area contributed by atoms with E-state index in [0.29, 0.717) is 17.9 Å². The van der Waals surface area contributed by atoms with Crippen LogP contribution in [0.3, 0.4) is 0 Å². The first-order valence-electron chi connectivity index (χ1n) is 7.80. The number of aliphatic hydroxyl groups is 1. The van der Waals surface area contributed by atoms with Crippen molar-refractivity contribution in [2.75, 3.05) is 13.2 Å². The highest BCUT2D eigenvalue weighted by Gasteiger charge is 2.26. The predicted octanol–water partition coefficient (Wildman–Crippen LogP) is 3.10. The van der Waals surface area contributed by atoms with E-state index in [4.69, 9.17) is 9.15 Å². The fraction of sp³-hybridized carbons (Fsp3) is 0.389. The minimum Gasteiger partial charge on any atom is -0.494 e. The van der Waals surface area contributed by atoms with E-state index >= 15 is 0 Å². The molecule has 2 N–H and O–H groups in total. The first kappa shape index (κ1) is 17.1. The van der Waals surface area contributed by atoms with E-state index in [1.807, 2.05) is 0 Å². The van der Waals surface area contributed by atoms with Crippen LogP contribution in [0.5, 0.6) is 5.75 Å². The predicted molar refractivity (Wildman–Crippen MR) is 87.5 cm³/mol. The summed E-state index contributed by atoms with van der Waals surface area (Å²) in [5.41, 5.74) is -0.731. The van der Waals surface area contributed by atoms with Crippen LogP contribution in [0.15, 0.2) is 47.1 Å². The Kier molecular flexibility index (Phi) is 5.82. The Bertz CT molecular complexity index is 602. The molecule has 1 heterocycles. The van der Waals surface area contributed by atoms with Crippen molar-refractivity contribution in [3.8, 4) is 5.75 Å². The van der Waals surface area contributed by atoms with Crippen molar-refractivity contribution < 1.29 is 19.1 Å². The van der Waals surface area contributed by atoms with Crippen molar-refractivity contribution in [1.82, 2.24) is 5.32 Å². The second-order valence-corrected chi connectivity index (χ2v) is 5.66. The van der Waals surface area contributed by atoms with Gasteiger partial charge in [-0.25, -0.2) is 0 Å². The number of furan rings is 1. The van der Waals surface area contributed by atoms with Gasteiger partial charge in [-0.05, 0) is 49.7 Å². The molecule has 1 atom stereocenters. The summed E-state index contributed by atoms with van der Waals surface area (Å²) in [7, 11) is 0. The fourth-order valence-corrected chi connectivity index (χ4v) is 2.06. The maximum absolute atomic E-state index is 12.1. The Morgan fingerprint density at radius 1 is 1.30 bits per heavy atom. The quantitative estimate of drug-likeness (QED) is 0.734. The molecule has 1 unspecified atom stereocenters. The molecule has 124 valence electrons. The molecule has 0 fully saturated rings. The van der Waals surface area contributed by atoms with E-state index in [1.54, 1.807) is 43.3 Å². The van der Waals surface area contributed by atoms with E-state index in [9.17, 15) is 9.90 Å². The van der Waals surface area contributed by atoms with Gasteiger partial charge in [0.05, 0.1) is 19.4 Å². The van der Waals surface area contributed by atoms with Gasteiger partial charge in [-0.3, -0.25) is 4.79 Å². The van der Waals surface area contributed by atoms with Crippen molar-refractivity contribution in [2.24, 2.45) is 0 Å². The number of nitrogens with one attached hydrogen (secondary N) is 1. The largest absolute Gasteiger partial charge is 0.494 e. The summed E-state index contributed by atoms with van der Waals surface area (Å²) >= 11 is 0. The van der Waals surface area contributed by atoms with Gasteiger partial charge < -0.3 is 19.6 Å². The standard InChI is InChI=1S/C18H23NO4/c1-3-4-11-22-15-9-7-14(8-10-15)17(20)19-13-18(2,21)16-6-5-12-23-16/h5-10,12,21H,3-4,11,13H2,1-2H3,(H,19,20). The fourth-order valence-electron chi connectivity index (χ4n) is 2.06. The lowest BCUT2D eigenvalue weighted by atomic mass is 10.0. The molecule has 0 radical (unpaired) electrons. The lowest BCUT2D eigenvalue weighted by Gasteiger charge is -2.21. The number of rotatable bonds is 8. The monoisotopic (exact) mass is 317 g/mol. The zero-order valence-electron chi connectivity index (χ0n) is 13.5.